The van der Waals surface area contributed by atoms with Crippen LogP contribution in [0.5, 0.6) is 0 Å². The maximum Gasteiger partial charge on any atom is 0.0700 e. The Kier molecular flexibility index (Phi) is 7.01. The van der Waals surface area contributed by atoms with Gasteiger partial charge in [-0.05, 0) is 39.2 Å². The van der Waals surface area contributed by atoms with Gasteiger partial charge in [-0.25, -0.2) is 0 Å². The first kappa shape index (κ1) is 12.0. The molecule has 0 aromatic carbocycles. The van der Waals surface area contributed by atoms with Gasteiger partial charge >= 0.3 is 0 Å². The average Bonchev–Trinajstić information content (AvgIpc) is 2.69. The van der Waals surface area contributed by atoms with E-state index in [0.717, 1.165) is 39.3 Å². The second kappa shape index (κ2) is 8.21. The van der Waals surface area contributed by atoms with Crippen molar-refractivity contribution in [2.75, 3.05) is 32.9 Å². The standard InChI is InChI=1S/C11H23NO2/c1-2-13-8-4-3-7-12-10-11-6-5-9-14-11/h11-12H,2-10H2,1H3. The van der Waals surface area contributed by atoms with Gasteiger partial charge in [0.15, 0.2) is 0 Å². The fraction of sp³-hybridized carbons (Fsp3) is 1.00. The maximum absolute atomic E-state index is 5.51. The Morgan fingerprint density at radius 1 is 1.43 bits per heavy atom. The average molecular weight is 201 g/mol. The number of nitrogens with one attached hydrogen (secondary N) is 1. The van der Waals surface area contributed by atoms with Crippen molar-refractivity contribution in [1.29, 1.82) is 0 Å². The molecule has 1 heterocycles. The van der Waals surface area contributed by atoms with Gasteiger partial charge in [-0.15, -0.1) is 0 Å². The lowest BCUT2D eigenvalue weighted by atomic mass is 10.2. The third-order valence-electron chi connectivity index (χ3n) is 2.49. The molecular weight excluding hydrogens is 178 g/mol. The predicted octanol–water partition coefficient (Wildman–Crippen LogP) is 1.57. The smallest absolute Gasteiger partial charge is 0.0700 e. The number of hydrogen-bond donors (Lipinski definition) is 1. The molecule has 0 amide bonds. The normalized spacial score (nSPS) is 21.6. The first-order chi connectivity index (χ1) is 6.93. The zero-order valence-electron chi connectivity index (χ0n) is 9.26. The van der Waals surface area contributed by atoms with Crippen LogP contribution in [-0.2, 0) is 9.47 Å². The molecule has 0 aromatic rings. The van der Waals surface area contributed by atoms with E-state index in [1.807, 2.05) is 6.92 Å². The van der Waals surface area contributed by atoms with Crippen LogP contribution in [0.2, 0.25) is 0 Å². The quantitative estimate of drug-likeness (QED) is 0.605. The molecule has 0 aromatic heterocycles. The lowest BCUT2D eigenvalue weighted by Gasteiger charge is -2.10. The van der Waals surface area contributed by atoms with Gasteiger partial charge < -0.3 is 14.8 Å². The van der Waals surface area contributed by atoms with Crippen molar-refractivity contribution in [3.8, 4) is 0 Å². The Balaban J connectivity index is 1.75. The van der Waals surface area contributed by atoms with E-state index in [-0.39, 0.29) is 0 Å². The number of rotatable bonds is 8. The van der Waals surface area contributed by atoms with Gasteiger partial charge in [0, 0.05) is 26.4 Å². The van der Waals surface area contributed by atoms with Gasteiger partial charge in [-0.1, -0.05) is 0 Å². The van der Waals surface area contributed by atoms with Gasteiger partial charge in [0.25, 0.3) is 0 Å². The van der Waals surface area contributed by atoms with Gasteiger partial charge in [-0.2, -0.15) is 0 Å². The fourth-order valence-electron chi connectivity index (χ4n) is 1.67. The highest BCUT2D eigenvalue weighted by molar-refractivity contribution is 4.67. The van der Waals surface area contributed by atoms with Crippen LogP contribution in [0.3, 0.4) is 0 Å². The summed E-state index contributed by atoms with van der Waals surface area (Å²) >= 11 is 0. The van der Waals surface area contributed by atoms with Crippen LogP contribution in [0.4, 0.5) is 0 Å². The van der Waals surface area contributed by atoms with Gasteiger partial charge in [0.1, 0.15) is 0 Å². The van der Waals surface area contributed by atoms with Crippen LogP contribution < -0.4 is 5.32 Å². The van der Waals surface area contributed by atoms with Crippen molar-refractivity contribution in [3.63, 3.8) is 0 Å². The van der Waals surface area contributed by atoms with E-state index in [1.54, 1.807) is 0 Å². The van der Waals surface area contributed by atoms with E-state index >= 15 is 0 Å². The molecular formula is C11H23NO2. The lowest BCUT2D eigenvalue weighted by Crippen LogP contribution is -2.27. The van der Waals surface area contributed by atoms with Crippen molar-refractivity contribution in [1.82, 2.24) is 5.32 Å². The van der Waals surface area contributed by atoms with Crippen molar-refractivity contribution >= 4 is 0 Å². The molecule has 1 fully saturated rings. The minimum Gasteiger partial charge on any atom is -0.382 e. The van der Waals surface area contributed by atoms with Crippen LogP contribution in [0.15, 0.2) is 0 Å². The summed E-state index contributed by atoms with van der Waals surface area (Å²) in [4.78, 5) is 0. The molecule has 1 N–H and O–H groups in total. The Labute approximate surface area is 87.2 Å². The first-order valence-electron chi connectivity index (χ1n) is 5.83. The molecule has 0 bridgehead atoms. The summed E-state index contributed by atoms with van der Waals surface area (Å²) in [6.07, 6.45) is 5.30. The second-order valence-corrected chi connectivity index (χ2v) is 3.74. The molecule has 1 aliphatic rings. The third kappa shape index (κ3) is 5.58. The Hall–Kier alpha value is -0.120. The summed E-state index contributed by atoms with van der Waals surface area (Å²) in [5.74, 6) is 0. The predicted molar refractivity (Wildman–Crippen MR) is 57.6 cm³/mol. The summed E-state index contributed by atoms with van der Waals surface area (Å²) in [5.41, 5.74) is 0. The molecule has 0 saturated carbocycles. The zero-order valence-corrected chi connectivity index (χ0v) is 9.26. The molecule has 0 spiro atoms. The van der Waals surface area contributed by atoms with Crippen molar-refractivity contribution in [2.45, 2.75) is 38.7 Å². The summed E-state index contributed by atoms with van der Waals surface area (Å²) in [7, 11) is 0. The number of ether oxygens (including phenoxy) is 2. The first-order valence-corrected chi connectivity index (χ1v) is 5.83. The summed E-state index contributed by atoms with van der Waals surface area (Å²) < 4.78 is 10.8. The van der Waals surface area contributed by atoms with Gasteiger partial charge in [0.05, 0.1) is 6.10 Å². The van der Waals surface area contributed by atoms with Crippen LogP contribution >= 0.6 is 0 Å². The molecule has 3 nitrogen and oxygen atoms in total. The van der Waals surface area contributed by atoms with E-state index in [4.69, 9.17) is 9.47 Å². The minimum atomic E-state index is 0.474. The fourth-order valence-corrected chi connectivity index (χ4v) is 1.67. The molecule has 1 aliphatic heterocycles. The molecule has 14 heavy (non-hydrogen) atoms. The molecule has 1 saturated heterocycles. The van der Waals surface area contributed by atoms with E-state index in [9.17, 15) is 0 Å². The highest BCUT2D eigenvalue weighted by atomic mass is 16.5. The monoisotopic (exact) mass is 201 g/mol. The molecule has 3 heteroatoms. The van der Waals surface area contributed by atoms with E-state index < -0.39 is 0 Å². The van der Waals surface area contributed by atoms with E-state index in [2.05, 4.69) is 5.32 Å². The second-order valence-electron chi connectivity index (χ2n) is 3.74. The third-order valence-corrected chi connectivity index (χ3v) is 2.49. The zero-order chi connectivity index (χ0) is 10.1. The molecule has 0 aliphatic carbocycles. The molecule has 0 radical (unpaired) electrons. The van der Waals surface area contributed by atoms with Crippen LogP contribution in [0.25, 0.3) is 0 Å². The summed E-state index contributed by atoms with van der Waals surface area (Å²) in [5, 5.41) is 3.42. The largest absolute Gasteiger partial charge is 0.382 e. The van der Waals surface area contributed by atoms with Gasteiger partial charge in [0.2, 0.25) is 0 Å². The van der Waals surface area contributed by atoms with Crippen molar-refractivity contribution < 1.29 is 9.47 Å². The van der Waals surface area contributed by atoms with E-state index in [1.165, 1.54) is 19.3 Å². The van der Waals surface area contributed by atoms with Crippen molar-refractivity contribution in [2.24, 2.45) is 0 Å². The SMILES string of the molecule is CCOCCCCNCC1CCCO1. The molecule has 1 rings (SSSR count). The Morgan fingerprint density at radius 2 is 2.36 bits per heavy atom. The Bertz CT molecular complexity index is 124. The van der Waals surface area contributed by atoms with Crippen LogP contribution in [0.1, 0.15) is 32.6 Å². The minimum absolute atomic E-state index is 0.474. The molecule has 1 atom stereocenters. The van der Waals surface area contributed by atoms with Gasteiger partial charge in [-0.3, -0.25) is 0 Å². The number of unbranched alkanes of at least 4 members (excludes halogenated alkanes) is 1. The van der Waals surface area contributed by atoms with Crippen LogP contribution in [-0.4, -0.2) is 39.0 Å². The summed E-state index contributed by atoms with van der Waals surface area (Å²) in [6, 6.07) is 0. The lowest BCUT2D eigenvalue weighted by molar-refractivity contribution is 0.109. The number of hydrogen-bond acceptors (Lipinski definition) is 3. The highest BCUT2D eigenvalue weighted by Crippen LogP contribution is 2.10. The van der Waals surface area contributed by atoms with Crippen LogP contribution in [0, 0.1) is 0 Å². The summed E-state index contributed by atoms with van der Waals surface area (Å²) in [6.45, 7) is 6.84. The Morgan fingerprint density at radius 3 is 3.07 bits per heavy atom. The molecule has 84 valence electrons. The molecule has 1 unspecified atom stereocenters. The maximum atomic E-state index is 5.51. The van der Waals surface area contributed by atoms with E-state index in [0.29, 0.717) is 6.10 Å². The van der Waals surface area contributed by atoms with Crippen molar-refractivity contribution in [3.05, 3.63) is 0 Å². The highest BCUT2D eigenvalue weighted by Gasteiger charge is 2.13. The topological polar surface area (TPSA) is 30.5 Å².